The van der Waals surface area contributed by atoms with Crippen molar-refractivity contribution in [2.75, 3.05) is 31.2 Å². The average Bonchev–Trinajstić information content (AvgIpc) is 3.61. The molecule has 6 atom stereocenters. The van der Waals surface area contributed by atoms with Crippen LogP contribution in [0.5, 0.6) is 17.2 Å². The van der Waals surface area contributed by atoms with Crippen molar-refractivity contribution in [2.45, 2.75) is 24.4 Å². The molecule has 0 spiro atoms. The predicted octanol–water partition coefficient (Wildman–Crippen LogP) is 7.89. The standard InChI is InChI=1S/C43H35Cl2F3N4O7/c1-50(37-31(45)16-17-34(49-37)43(46,47)48)52-38(54)27-14-13-26-28(35(27)40(52)56)21-30-39(55)51(25-11-7-10-24(44)20-25)41(57)42(30,23-8-5-4-6-9-23)29(26)15-12-22-18-32(58-2)36(53)33(19-22)59-3/h4-13,15-20,27-30,35,53H,14,21H2,1-3H3/t27-,28+,29-,30-,35-,42-/m0/s1. The first-order valence-electron chi connectivity index (χ1n) is 18.5. The minimum Gasteiger partial charge on any atom is -0.502 e. The Morgan fingerprint density at radius 1 is 0.898 bits per heavy atom. The van der Waals surface area contributed by atoms with Gasteiger partial charge in [0.1, 0.15) is 5.69 Å². The number of anilines is 2. The van der Waals surface area contributed by atoms with E-state index in [9.17, 15) is 32.7 Å². The number of fused-ring (bicyclic) bond motifs is 4. The number of nitrogens with zero attached hydrogens (tertiary/aromatic N) is 4. The molecular weight excluding hydrogens is 812 g/mol. The van der Waals surface area contributed by atoms with E-state index in [0.717, 1.165) is 21.0 Å². The smallest absolute Gasteiger partial charge is 0.433 e. The van der Waals surface area contributed by atoms with E-state index in [1.165, 1.54) is 27.3 Å². The molecule has 1 N–H and O–H groups in total. The van der Waals surface area contributed by atoms with Gasteiger partial charge >= 0.3 is 6.18 Å². The second-order valence-corrected chi connectivity index (χ2v) is 15.6. The molecule has 0 bridgehead atoms. The maximum absolute atomic E-state index is 15.4. The Labute approximate surface area is 346 Å². The van der Waals surface area contributed by atoms with Crippen molar-refractivity contribution >= 4 is 64.4 Å². The predicted molar refractivity (Wildman–Crippen MR) is 212 cm³/mol. The van der Waals surface area contributed by atoms with Gasteiger partial charge in [0, 0.05) is 18.0 Å². The van der Waals surface area contributed by atoms with Crippen molar-refractivity contribution in [3.8, 4) is 17.2 Å². The molecular formula is C43H35Cl2F3N4O7. The van der Waals surface area contributed by atoms with Crippen molar-refractivity contribution in [3.05, 3.63) is 123 Å². The van der Waals surface area contributed by atoms with Gasteiger partial charge in [-0.25, -0.2) is 9.88 Å². The molecule has 4 aromatic rings. The highest BCUT2D eigenvalue weighted by Crippen LogP contribution is 2.62. The minimum absolute atomic E-state index is 0.0200. The van der Waals surface area contributed by atoms with Crippen LogP contribution in [0.3, 0.4) is 0 Å². The number of carbonyl (C=O) groups excluding carboxylic acids is 4. The Bertz CT molecular complexity index is 2460. The number of hydrogen-bond acceptors (Lipinski definition) is 9. The van der Waals surface area contributed by atoms with Crippen LogP contribution < -0.4 is 19.4 Å². The fraction of sp³-hybridized carbons (Fsp3) is 0.279. The van der Waals surface area contributed by atoms with Crippen LogP contribution in [-0.2, 0) is 30.8 Å². The molecule has 11 nitrogen and oxygen atoms in total. The number of pyridine rings is 1. The van der Waals surface area contributed by atoms with E-state index < -0.39 is 76.3 Å². The van der Waals surface area contributed by atoms with Crippen LogP contribution in [-0.4, -0.2) is 60.0 Å². The number of aromatic hydroxyl groups is 1. The van der Waals surface area contributed by atoms with Crippen LogP contribution in [0.1, 0.15) is 29.7 Å². The number of phenolic OH excluding ortho intramolecular Hbond substituents is 1. The summed E-state index contributed by atoms with van der Waals surface area (Å²) >= 11 is 12.7. The summed E-state index contributed by atoms with van der Waals surface area (Å²) in [5.74, 6) is -7.59. The summed E-state index contributed by atoms with van der Waals surface area (Å²) in [5.41, 5.74) is -0.870. The molecule has 4 aliphatic rings. The third-order valence-electron chi connectivity index (χ3n) is 11.9. The van der Waals surface area contributed by atoms with Crippen LogP contribution in [0.4, 0.5) is 24.7 Å². The lowest BCUT2D eigenvalue weighted by atomic mass is 9.50. The first kappa shape index (κ1) is 39.9. The molecule has 16 heteroatoms. The zero-order chi connectivity index (χ0) is 42.1. The fourth-order valence-corrected chi connectivity index (χ4v) is 9.81. The Hall–Kier alpha value is -5.86. The summed E-state index contributed by atoms with van der Waals surface area (Å²) in [7, 11) is 4.01. The number of alkyl halides is 3. The first-order chi connectivity index (χ1) is 28.1. The Kier molecular flexibility index (Phi) is 9.99. The third-order valence-corrected chi connectivity index (χ3v) is 12.4. The van der Waals surface area contributed by atoms with Gasteiger partial charge in [0.25, 0.3) is 11.8 Å². The molecule has 2 saturated heterocycles. The fourth-order valence-electron chi connectivity index (χ4n) is 9.40. The first-order valence-corrected chi connectivity index (χ1v) is 19.3. The number of hydrazine groups is 1. The van der Waals surface area contributed by atoms with Crippen LogP contribution in [0.25, 0.3) is 6.08 Å². The van der Waals surface area contributed by atoms with Crippen LogP contribution in [0.15, 0.2) is 96.6 Å². The maximum atomic E-state index is 15.4. The lowest BCUT2D eigenvalue weighted by Crippen LogP contribution is -2.54. The van der Waals surface area contributed by atoms with Gasteiger partial charge in [-0.2, -0.15) is 18.2 Å². The number of rotatable bonds is 8. The SMILES string of the molecule is COc1cc(C=C[C@H]2C3=CC[C@@H]4C(=O)N(N(C)c5nc(C(F)(F)F)ccc5Cl)C(=O)[C@@H]4[C@@H]3C[C@H]3C(=O)N(c4cccc(Cl)c4)C(=O)[C@@]23c2ccccc2)cc(OC)c1O. The summed E-state index contributed by atoms with van der Waals surface area (Å²) in [6.07, 6.45) is 0.541. The van der Waals surface area contributed by atoms with Crippen molar-refractivity contribution in [1.29, 1.82) is 0 Å². The van der Waals surface area contributed by atoms with Crippen molar-refractivity contribution in [1.82, 2.24) is 9.99 Å². The summed E-state index contributed by atoms with van der Waals surface area (Å²) in [6, 6.07) is 20.1. The van der Waals surface area contributed by atoms with Gasteiger partial charge in [0.05, 0.1) is 48.1 Å². The number of allylic oxidation sites excluding steroid dienone is 3. The lowest BCUT2D eigenvalue weighted by Gasteiger charge is -2.49. The average molecular weight is 848 g/mol. The van der Waals surface area contributed by atoms with Gasteiger partial charge in [-0.1, -0.05) is 83.4 Å². The van der Waals surface area contributed by atoms with Gasteiger partial charge in [-0.15, -0.1) is 0 Å². The highest BCUT2D eigenvalue weighted by Gasteiger charge is 2.69. The summed E-state index contributed by atoms with van der Waals surface area (Å²) in [6.45, 7) is 0. The monoisotopic (exact) mass is 846 g/mol. The molecule has 8 rings (SSSR count). The van der Waals surface area contributed by atoms with Gasteiger partial charge in [-0.05, 0) is 72.4 Å². The normalized spacial score (nSPS) is 25.2. The molecule has 59 heavy (non-hydrogen) atoms. The van der Waals surface area contributed by atoms with Crippen LogP contribution in [0, 0.1) is 29.6 Å². The Morgan fingerprint density at radius 3 is 2.24 bits per heavy atom. The van der Waals surface area contributed by atoms with E-state index >= 15 is 4.79 Å². The second kappa shape index (κ2) is 14.8. The number of imide groups is 2. The number of carbonyl (C=O) groups is 4. The van der Waals surface area contributed by atoms with Crippen molar-refractivity contribution in [2.24, 2.45) is 29.6 Å². The Morgan fingerprint density at radius 2 is 1.59 bits per heavy atom. The van der Waals surface area contributed by atoms with Crippen LogP contribution >= 0.6 is 23.2 Å². The second-order valence-electron chi connectivity index (χ2n) is 14.8. The molecule has 0 unspecified atom stereocenters. The molecule has 0 radical (unpaired) electrons. The molecule has 3 aromatic carbocycles. The number of hydrogen-bond donors (Lipinski definition) is 1. The molecule has 2 aliphatic heterocycles. The van der Waals surface area contributed by atoms with E-state index in [1.807, 2.05) is 6.08 Å². The number of methoxy groups -OCH3 is 2. The van der Waals surface area contributed by atoms with Crippen molar-refractivity contribution < 1.29 is 46.9 Å². The van der Waals surface area contributed by atoms with E-state index in [1.54, 1.807) is 72.8 Å². The maximum Gasteiger partial charge on any atom is 0.433 e. The minimum atomic E-state index is -4.83. The highest BCUT2D eigenvalue weighted by molar-refractivity contribution is 6.33. The molecule has 1 aromatic heterocycles. The lowest BCUT2D eigenvalue weighted by molar-refractivity contribution is -0.141. The van der Waals surface area contributed by atoms with E-state index in [2.05, 4.69) is 4.98 Å². The van der Waals surface area contributed by atoms with Gasteiger partial charge in [-0.3, -0.25) is 24.2 Å². The molecule has 4 amide bonds. The van der Waals surface area contributed by atoms with Gasteiger partial charge in [0.2, 0.25) is 17.6 Å². The quantitative estimate of drug-likeness (QED) is 0.139. The summed E-state index contributed by atoms with van der Waals surface area (Å²) < 4.78 is 52.0. The van der Waals surface area contributed by atoms with E-state index in [0.29, 0.717) is 27.8 Å². The summed E-state index contributed by atoms with van der Waals surface area (Å²) in [4.78, 5) is 64.0. The number of halogens is 5. The zero-order valence-corrected chi connectivity index (χ0v) is 33.1. The molecule has 3 fully saturated rings. The van der Waals surface area contributed by atoms with Crippen molar-refractivity contribution in [3.63, 3.8) is 0 Å². The topological polar surface area (TPSA) is 130 Å². The van der Waals surface area contributed by atoms with E-state index in [-0.39, 0.29) is 40.8 Å². The number of phenols is 1. The van der Waals surface area contributed by atoms with Gasteiger partial charge < -0.3 is 14.6 Å². The molecule has 2 aliphatic carbocycles. The number of aromatic nitrogens is 1. The van der Waals surface area contributed by atoms with E-state index in [4.69, 9.17) is 32.7 Å². The Balaban J connectivity index is 1.29. The third kappa shape index (κ3) is 6.22. The number of benzene rings is 3. The molecule has 1 saturated carbocycles. The van der Waals surface area contributed by atoms with Gasteiger partial charge in [0.15, 0.2) is 17.3 Å². The number of amides is 4. The molecule has 304 valence electrons. The largest absolute Gasteiger partial charge is 0.502 e. The van der Waals surface area contributed by atoms with Crippen LogP contribution in [0.2, 0.25) is 10.0 Å². The highest BCUT2D eigenvalue weighted by atomic mass is 35.5. The summed E-state index contributed by atoms with van der Waals surface area (Å²) in [5, 5.41) is 12.4. The zero-order valence-electron chi connectivity index (χ0n) is 31.6. The molecule has 3 heterocycles. The number of ether oxygens (including phenoxy) is 2.